The summed E-state index contributed by atoms with van der Waals surface area (Å²) in [5.74, 6) is 0.0309. The molecule has 0 radical (unpaired) electrons. The Balaban J connectivity index is 2.18. The Morgan fingerprint density at radius 3 is 2.68 bits per heavy atom. The van der Waals surface area contributed by atoms with E-state index in [2.05, 4.69) is 6.92 Å². The number of likely N-dealkylation sites (N-methyl/N-ethyl adjacent to an activating group) is 1. The van der Waals surface area contributed by atoms with Crippen LogP contribution in [0.15, 0.2) is 24.3 Å². The van der Waals surface area contributed by atoms with Crippen LogP contribution < -0.4 is 0 Å². The average molecular weight is 261 g/mol. The van der Waals surface area contributed by atoms with E-state index in [1.54, 1.807) is 4.90 Å². The van der Waals surface area contributed by atoms with Crippen LogP contribution in [0.25, 0.3) is 0 Å². The number of rotatable bonds is 3. The fourth-order valence-electron chi connectivity index (χ4n) is 2.92. The molecule has 19 heavy (non-hydrogen) atoms. The number of benzene rings is 1. The minimum atomic E-state index is -0.378. The first-order valence-electron chi connectivity index (χ1n) is 7.18. The monoisotopic (exact) mass is 261 g/mol. The van der Waals surface area contributed by atoms with Crippen LogP contribution >= 0.6 is 0 Å². The van der Waals surface area contributed by atoms with Crippen LogP contribution in [0.1, 0.15) is 48.5 Å². The van der Waals surface area contributed by atoms with E-state index in [9.17, 15) is 9.90 Å². The molecule has 2 atom stereocenters. The second-order valence-corrected chi connectivity index (χ2v) is 5.35. The number of carbonyl (C=O) groups excluding carboxylic acids is 1. The molecule has 2 rings (SSSR count). The van der Waals surface area contributed by atoms with Gasteiger partial charge in [0, 0.05) is 12.6 Å². The van der Waals surface area contributed by atoms with Gasteiger partial charge in [-0.15, -0.1) is 0 Å². The molecular weight excluding hydrogens is 238 g/mol. The first-order chi connectivity index (χ1) is 9.15. The summed E-state index contributed by atoms with van der Waals surface area (Å²) in [6.07, 6.45) is 4.33. The van der Waals surface area contributed by atoms with E-state index in [-0.39, 0.29) is 18.1 Å². The van der Waals surface area contributed by atoms with Crippen molar-refractivity contribution in [3.8, 4) is 0 Å². The minimum absolute atomic E-state index is 0.0309. The summed E-state index contributed by atoms with van der Waals surface area (Å²) in [5, 5.41) is 10.1. The molecule has 0 aromatic heterocycles. The molecule has 1 N–H and O–H groups in total. The maximum atomic E-state index is 12.6. The smallest absolute Gasteiger partial charge is 0.254 e. The predicted octanol–water partition coefficient (Wildman–Crippen LogP) is 2.62. The highest BCUT2D eigenvalue weighted by molar-refractivity contribution is 5.95. The number of hydrogen-bond donors (Lipinski definition) is 1. The van der Waals surface area contributed by atoms with E-state index in [1.807, 2.05) is 31.3 Å². The lowest BCUT2D eigenvalue weighted by Crippen LogP contribution is -2.46. The molecule has 1 fully saturated rings. The molecule has 2 unspecified atom stereocenters. The van der Waals surface area contributed by atoms with Gasteiger partial charge in [0.1, 0.15) is 0 Å². The van der Waals surface area contributed by atoms with E-state index in [0.717, 1.165) is 43.2 Å². The third-order valence-corrected chi connectivity index (χ3v) is 4.14. The van der Waals surface area contributed by atoms with Gasteiger partial charge in [0.05, 0.1) is 12.1 Å². The fraction of sp³-hybridized carbons (Fsp3) is 0.562. The average Bonchev–Trinajstić information content (AvgIpc) is 2.46. The molecular formula is C16H23NO2. The highest BCUT2D eigenvalue weighted by Gasteiger charge is 2.30. The zero-order valence-corrected chi connectivity index (χ0v) is 11.8. The van der Waals surface area contributed by atoms with Crippen molar-refractivity contribution in [2.75, 3.05) is 7.05 Å². The Hall–Kier alpha value is -1.35. The van der Waals surface area contributed by atoms with Gasteiger partial charge in [-0.25, -0.2) is 0 Å². The lowest BCUT2D eigenvalue weighted by atomic mass is 9.91. The standard InChI is InChI=1S/C16H23NO2/c1-3-12-8-4-5-9-13(12)16(19)17(2)14-10-6-7-11-15(14)18/h4-5,8-9,14-15,18H,3,6-7,10-11H2,1-2H3. The van der Waals surface area contributed by atoms with Crippen molar-refractivity contribution in [3.05, 3.63) is 35.4 Å². The van der Waals surface area contributed by atoms with Crippen molar-refractivity contribution in [1.29, 1.82) is 0 Å². The van der Waals surface area contributed by atoms with Gasteiger partial charge in [-0.05, 0) is 30.9 Å². The van der Waals surface area contributed by atoms with Crippen LogP contribution in [0, 0.1) is 0 Å². The maximum Gasteiger partial charge on any atom is 0.254 e. The van der Waals surface area contributed by atoms with Crippen LogP contribution in [0.3, 0.4) is 0 Å². The molecule has 1 saturated carbocycles. The molecule has 0 saturated heterocycles. The molecule has 1 aromatic rings. The van der Waals surface area contributed by atoms with Gasteiger partial charge in [0.15, 0.2) is 0 Å². The second-order valence-electron chi connectivity index (χ2n) is 5.35. The molecule has 104 valence electrons. The first-order valence-corrected chi connectivity index (χ1v) is 7.18. The van der Waals surface area contributed by atoms with Gasteiger partial charge in [-0.3, -0.25) is 4.79 Å². The van der Waals surface area contributed by atoms with Crippen molar-refractivity contribution >= 4 is 5.91 Å². The van der Waals surface area contributed by atoms with Crippen LogP contribution in [0.4, 0.5) is 0 Å². The normalized spacial score (nSPS) is 23.1. The van der Waals surface area contributed by atoms with Crippen molar-refractivity contribution in [2.24, 2.45) is 0 Å². The highest BCUT2D eigenvalue weighted by atomic mass is 16.3. The Bertz CT molecular complexity index is 444. The molecule has 1 amide bonds. The van der Waals surface area contributed by atoms with Gasteiger partial charge in [0.2, 0.25) is 0 Å². The van der Waals surface area contributed by atoms with Crippen LogP contribution in [-0.4, -0.2) is 35.1 Å². The molecule has 0 aliphatic heterocycles. The molecule has 1 aliphatic rings. The summed E-state index contributed by atoms with van der Waals surface area (Å²) in [6.45, 7) is 2.06. The number of aliphatic hydroxyl groups excluding tert-OH is 1. The number of aliphatic hydroxyl groups is 1. The highest BCUT2D eigenvalue weighted by Crippen LogP contribution is 2.24. The van der Waals surface area contributed by atoms with Crippen LogP contribution in [0.5, 0.6) is 0 Å². The van der Waals surface area contributed by atoms with Crippen molar-refractivity contribution < 1.29 is 9.90 Å². The molecule has 0 bridgehead atoms. The minimum Gasteiger partial charge on any atom is -0.391 e. The van der Waals surface area contributed by atoms with Gasteiger partial charge in [-0.1, -0.05) is 38.0 Å². The summed E-state index contributed by atoms with van der Waals surface area (Å²) < 4.78 is 0. The SMILES string of the molecule is CCc1ccccc1C(=O)N(C)C1CCCCC1O. The Morgan fingerprint density at radius 1 is 1.32 bits per heavy atom. The van der Waals surface area contributed by atoms with Crippen LogP contribution in [0.2, 0.25) is 0 Å². The van der Waals surface area contributed by atoms with Crippen molar-refractivity contribution in [1.82, 2.24) is 4.90 Å². The second kappa shape index (κ2) is 6.20. The fourth-order valence-corrected chi connectivity index (χ4v) is 2.92. The van der Waals surface area contributed by atoms with Gasteiger partial charge >= 0.3 is 0 Å². The zero-order chi connectivity index (χ0) is 13.8. The Labute approximate surface area is 115 Å². The summed E-state index contributed by atoms with van der Waals surface area (Å²) in [4.78, 5) is 14.3. The predicted molar refractivity (Wildman–Crippen MR) is 76.2 cm³/mol. The first kappa shape index (κ1) is 14.1. The van der Waals surface area contributed by atoms with E-state index >= 15 is 0 Å². The molecule has 1 aliphatic carbocycles. The molecule has 3 heteroatoms. The third kappa shape index (κ3) is 2.98. The largest absolute Gasteiger partial charge is 0.391 e. The van der Waals surface area contributed by atoms with Crippen molar-refractivity contribution in [3.63, 3.8) is 0 Å². The lowest BCUT2D eigenvalue weighted by Gasteiger charge is -2.35. The number of aryl methyl sites for hydroxylation is 1. The maximum absolute atomic E-state index is 12.6. The number of nitrogens with zero attached hydrogens (tertiary/aromatic N) is 1. The summed E-state index contributed by atoms with van der Waals surface area (Å²) in [6, 6.07) is 7.71. The number of hydrogen-bond acceptors (Lipinski definition) is 2. The van der Waals surface area contributed by atoms with E-state index in [1.165, 1.54) is 0 Å². The molecule has 3 nitrogen and oxygen atoms in total. The molecule has 0 spiro atoms. The summed E-state index contributed by atoms with van der Waals surface area (Å²) in [7, 11) is 1.81. The Morgan fingerprint density at radius 2 is 2.00 bits per heavy atom. The van der Waals surface area contributed by atoms with Gasteiger partial charge in [-0.2, -0.15) is 0 Å². The lowest BCUT2D eigenvalue weighted by molar-refractivity contribution is 0.0267. The number of amides is 1. The van der Waals surface area contributed by atoms with Gasteiger partial charge in [0.25, 0.3) is 5.91 Å². The van der Waals surface area contributed by atoms with E-state index in [4.69, 9.17) is 0 Å². The van der Waals surface area contributed by atoms with Crippen LogP contribution in [-0.2, 0) is 6.42 Å². The summed E-state index contributed by atoms with van der Waals surface area (Å²) in [5.41, 5.74) is 1.84. The molecule has 0 heterocycles. The van der Waals surface area contributed by atoms with E-state index in [0.29, 0.717) is 0 Å². The van der Waals surface area contributed by atoms with E-state index < -0.39 is 0 Å². The molecule has 1 aromatic carbocycles. The number of carbonyl (C=O) groups is 1. The zero-order valence-electron chi connectivity index (χ0n) is 11.8. The topological polar surface area (TPSA) is 40.5 Å². The summed E-state index contributed by atoms with van der Waals surface area (Å²) >= 11 is 0. The third-order valence-electron chi connectivity index (χ3n) is 4.14. The quantitative estimate of drug-likeness (QED) is 0.908. The van der Waals surface area contributed by atoms with Gasteiger partial charge < -0.3 is 10.0 Å². The Kier molecular flexibility index (Phi) is 4.59. The van der Waals surface area contributed by atoms with Crippen molar-refractivity contribution in [2.45, 2.75) is 51.2 Å².